The van der Waals surface area contributed by atoms with E-state index in [0.29, 0.717) is 23.4 Å². The molecule has 6 rings (SSSR count). The third kappa shape index (κ3) is 4.93. The molecule has 0 spiro atoms. The molecule has 8 heteroatoms. The molecule has 1 aliphatic heterocycles. The Bertz CT molecular complexity index is 1520. The van der Waals surface area contributed by atoms with E-state index in [9.17, 15) is 9.18 Å². The van der Waals surface area contributed by atoms with Gasteiger partial charge in [0, 0.05) is 41.6 Å². The number of nitrogens with one attached hydrogen (secondary N) is 2. The average molecular weight is 529 g/mol. The minimum Gasteiger partial charge on any atom is -0.490 e. The molecule has 0 saturated heterocycles. The summed E-state index contributed by atoms with van der Waals surface area (Å²) in [7, 11) is 0. The predicted molar refractivity (Wildman–Crippen MR) is 149 cm³/mol. The molecular weight excluding hydrogens is 499 g/mol. The average Bonchev–Trinajstić information content (AvgIpc) is 3.43. The van der Waals surface area contributed by atoms with Crippen molar-refractivity contribution >= 4 is 27.3 Å². The lowest BCUT2D eigenvalue weighted by molar-refractivity contribution is -0.117. The van der Waals surface area contributed by atoms with Gasteiger partial charge in [-0.25, -0.2) is 4.39 Å². The number of fused-ring (bicyclic) bond motifs is 2. The second-order valence-corrected chi connectivity index (χ2v) is 10.8. The molecule has 3 heterocycles. The summed E-state index contributed by atoms with van der Waals surface area (Å²) in [5.74, 6) is -0.108. The van der Waals surface area contributed by atoms with E-state index in [1.807, 2.05) is 5.38 Å². The molecule has 2 unspecified atom stereocenters. The van der Waals surface area contributed by atoms with E-state index in [0.717, 1.165) is 60.1 Å². The van der Waals surface area contributed by atoms with Gasteiger partial charge in [0.15, 0.2) is 0 Å². The van der Waals surface area contributed by atoms with Gasteiger partial charge < -0.3 is 15.4 Å². The van der Waals surface area contributed by atoms with Gasteiger partial charge >= 0.3 is 0 Å². The number of halogens is 1. The molecule has 2 aromatic carbocycles. The normalized spacial score (nSPS) is 19.1. The Kier molecular flexibility index (Phi) is 6.91. The highest BCUT2D eigenvalue weighted by atomic mass is 32.1. The highest BCUT2D eigenvalue weighted by Gasteiger charge is 2.26. The van der Waals surface area contributed by atoms with Crippen LogP contribution in [0, 0.1) is 5.82 Å². The monoisotopic (exact) mass is 528 g/mol. The Balaban J connectivity index is 1.33. The summed E-state index contributed by atoms with van der Waals surface area (Å²) >= 11 is 1.60. The number of aromatic nitrogens is 2. The number of carbonyl (C=O) groups excluding carboxylic acids is 1. The number of benzene rings is 2. The Morgan fingerprint density at radius 2 is 2.03 bits per heavy atom. The van der Waals surface area contributed by atoms with Crippen molar-refractivity contribution in [3.8, 4) is 28.3 Å². The van der Waals surface area contributed by atoms with Crippen molar-refractivity contribution in [2.45, 2.75) is 50.8 Å². The first-order valence-corrected chi connectivity index (χ1v) is 13.9. The second kappa shape index (κ2) is 10.6. The van der Waals surface area contributed by atoms with Crippen LogP contribution >= 0.6 is 11.3 Å². The Labute approximate surface area is 224 Å². The molecule has 0 radical (unpaired) electrons. The molecule has 194 valence electrons. The summed E-state index contributed by atoms with van der Waals surface area (Å²) in [5, 5.41) is 18.8. The molecule has 1 fully saturated rings. The highest BCUT2D eigenvalue weighted by Crippen LogP contribution is 2.40. The molecule has 4 aromatic rings. The van der Waals surface area contributed by atoms with E-state index in [1.165, 1.54) is 29.3 Å². The summed E-state index contributed by atoms with van der Waals surface area (Å²) in [6.07, 6.45) is 5.43. The summed E-state index contributed by atoms with van der Waals surface area (Å²) in [6.45, 7) is 5.40. The van der Waals surface area contributed by atoms with Crippen LogP contribution < -0.4 is 15.4 Å². The van der Waals surface area contributed by atoms with Crippen LogP contribution in [-0.4, -0.2) is 34.8 Å². The zero-order valence-electron chi connectivity index (χ0n) is 21.0. The molecule has 2 aliphatic rings. The number of carbonyl (C=O) groups is 1. The first-order valence-electron chi connectivity index (χ1n) is 13.1. The molecule has 2 aromatic heterocycles. The quantitative estimate of drug-likeness (QED) is 0.309. The highest BCUT2D eigenvalue weighted by molar-refractivity contribution is 7.17. The minimum absolute atomic E-state index is 0.00624. The van der Waals surface area contributed by atoms with Gasteiger partial charge in [-0.2, -0.15) is 0 Å². The SMILES string of the molecule is C=CC(=O)NC1CCCC(Oc2cc(F)ccc2-c2nnc(-c3ccc4c(c3)CCNC4)c3ccsc23)C1. The van der Waals surface area contributed by atoms with Gasteiger partial charge in [-0.3, -0.25) is 4.79 Å². The van der Waals surface area contributed by atoms with Crippen LogP contribution in [0.4, 0.5) is 4.39 Å². The summed E-state index contributed by atoms with van der Waals surface area (Å²) in [6, 6.07) is 13.2. The molecule has 38 heavy (non-hydrogen) atoms. The van der Waals surface area contributed by atoms with Gasteiger partial charge in [0.05, 0.1) is 4.70 Å². The number of hydrogen-bond donors (Lipinski definition) is 2. The fraction of sp³-hybridized carbons (Fsp3) is 0.300. The van der Waals surface area contributed by atoms with Gasteiger partial charge in [-0.1, -0.05) is 18.7 Å². The number of ether oxygens (including phenoxy) is 1. The minimum atomic E-state index is -0.369. The van der Waals surface area contributed by atoms with Crippen LogP contribution in [0.2, 0.25) is 0 Å². The summed E-state index contributed by atoms with van der Waals surface area (Å²) < 4.78 is 21.8. The maximum absolute atomic E-state index is 14.4. The fourth-order valence-corrected chi connectivity index (χ4v) is 6.40. The van der Waals surface area contributed by atoms with Crippen LogP contribution in [0.15, 0.2) is 60.5 Å². The molecular formula is C30H29FN4O2S. The van der Waals surface area contributed by atoms with Crippen LogP contribution in [-0.2, 0) is 17.8 Å². The van der Waals surface area contributed by atoms with E-state index >= 15 is 0 Å². The van der Waals surface area contributed by atoms with Crippen molar-refractivity contribution < 1.29 is 13.9 Å². The van der Waals surface area contributed by atoms with Crippen LogP contribution in [0.5, 0.6) is 5.75 Å². The largest absolute Gasteiger partial charge is 0.490 e. The van der Waals surface area contributed by atoms with E-state index in [-0.39, 0.29) is 23.9 Å². The van der Waals surface area contributed by atoms with Gasteiger partial charge in [-0.05, 0) is 79.1 Å². The molecule has 1 saturated carbocycles. The van der Waals surface area contributed by atoms with Gasteiger partial charge in [-0.15, -0.1) is 21.5 Å². The van der Waals surface area contributed by atoms with Crippen LogP contribution in [0.3, 0.4) is 0 Å². The molecule has 2 atom stereocenters. The van der Waals surface area contributed by atoms with Crippen molar-refractivity contribution in [2.24, 2.45) is 0 Å². The summed E-state index contributed by atoms with van der Waals surface area (Å²) in [4.78, 5) is 11.8. The number of thiophene rings is 1. The zero-order chi connectivity index (χ0) is 26.1. The van der Waals surface area contributed by atoms with Crippen molar-refractivity contribution in [3.63, 3.8) is 0 Å². The number of rotatable bonds is 6. The van der Waals surface area contributed by atoms with Crippen molar-refractivity contribution in [2.75, 3.05) is 6.54 Å². The number of nitrogens with zero attached hydrogens (tertiary/aromatic N) is 2. The Morgan fingerprint density at radius 3 is 2.92 bits per heavy atom. The van der Waals surface area contributed by atoms with E-state index in [1.54, 1.807) is 17.4 Å². The summed E-state index contributed by atoms with van der Waals surface area (Å²) in [5.41, 5.74) is 5.98. The maximum atomic E-state index is 14.4. The Hall–Kier alpha value is -3.62. The lowest BCUT2D eigenvalue weighted by Crippen LogP contribution is -2.40. The molecule has 0 bridgehead atoms. The van der Waals surface area contributed by atoms with Crippen LogP contribution in [0.25, 0.3) is 32.6 Å². The van der Waals surface area contributed by atoms with E-state index < -0.39 is 0 Å². The predicted octanol–water partition coefficient (Wildman–Crippen LogP) is 5.80. The topological polar surface area (TPSA) is 76.1 Å². The van der Waals surface area contributed by atoms with Gasteiger partial charge in [0.1, 0.15) is 29.1 Å². The van der Waals surface area contributed by atoms with E-state index in [2.05, 4.69) is 51.7 Å². The van der Waals surface area contributed by atoms with Crippen LogP contribution in [0.1, 0.15) is 36.8 Å². The number of amides is 1. The number of hydrogen-bond acceptors (Lipinski definition) is 6. The smallest absolute Gasteiger partial charge is 0.243 e. The fourth-order valence-electron chi connectivity index (χ4n) is 5.50. The third-order valence-corrected chi connectivity index (χ3v) is 8.32. The van der Waals surface area contributed by atoms with Crippen molar-refractivity contribution in [1.29, 1.82) is 0 Å². The second-order valence-electron chi connectivity index (χ2n) is 9.93. The van der Waals surface area contributed by atoms with E-state index in [4.69, 9.17) is 4.74 Å². The maximum Gasteiger partial charge on any atom is 0.243 e. The molecule has 6 nitrogen and oxygen atoms in total. The first kappa shape index (κ1) is 24.7. The molecule has 1 aliphatic carbocycles. The lowest BCUT2D eigenvalue weighted by atomic mass is 9.92. The van der Waals surface area contributed by atoms with Gasteiger partial charge in [0.2, 0.25) is 5.91 Å². The van der Waals surface area contributed by atoms with Crippen molar-refractivity contribution in [3.05, 3.63) is 77.4 Å². The zero-order valence-corrected chi connectivity index (χ0v) is 21.8. The third-order valence-electron chi connectivity index (χ3n) is 7.40. The molecule has 2 N–H and O–H groups in total. The lowest BCUT2D eigenvalue weighted by Gasteiger charge is -2.30. The molecule has 1 amide bonds. The van der Waals surface area contributed by atoms with Crippen molar-refractivity contribution in [1.82, 2.24) is 20.8 Å². The van der Waals surface area contributed by atoms with Gasteiger partial charge in [0.25, 0.3) is 0 Å². The standard InChI is InChI=1S/C30H29FN4O2S/c1-2-27(36)33-22-4-3-5-23(16-22)37-26-15-21(31)8-9-24(26)29-30-25(11-13-38-30)28(34-35-29)19-6-7-20-17-32-12-10-18(20)14-19/h2,6-9,11,13-15,22-23,32H,1,3-5,10,12,16-17H2,(H,33,36). The Morgan fingerprint density at radius 1 is 1.13 bits per heavy atom. The first-order chi connectivity index (χ1) is 18.6.